The molecular formula is C13H17ClN2O2S. The Kier molecular flexibility index (Phi) is 6.24. The molecule has 1 amide bonds. The summed E-state index contributed by atoms with van der Waals surface area (Å²) in [4.78, 5) is 12.1. The van der Waals surface area contributed by atoms with Crippen LogP contribution < -0.4 is 11.1 Å². The molecule has 2 aromatic rings. The number of nitrogens with two attached hydrogens (primary N) is 1. The molecule has 1 heterocycles. The molecule has 0 saturated heterocycles. The first-order valence-corrected chi connectivity index (χ1v) is 6.65. The summed E-state index contributed by atoms with van der Waals surface area (Å²) in [5, 5.41) is 13.8. The van der Waals surface area contributed by atoms with E-state index in [9.17, 15) is 9.90 Å². The Morgan fingerprint density at radius 2 is 2.16 bits per heavy atom. The standard InChI is InChI=1S/C13H16N2O2S.ClH/c14-6-5-13(17)15-8-10(16)12-7-9-3-1-2-4-11(9)18-12;/h1-4,7,10,16H,5-6,8,14H2,(H,15,17);1H. The van der Waals surface area contributed by atoms with Crippen LogP contribution in [0.3, 0.4) is 0 Å². The Morgan fingerprint density at radius 1 is 1.42 bits per heavy atom. The van der Waals surface area contributed by atoms with E-state index >= 15 is 0 Å². The zero-order valence-corrected chi connectivity index (χ0v) is 12.0. The van der Waals surface area contributed by atoms with E-state index in [1.165, 1.54) is 0 Å². The maximum Gasteiger partial charge on any atom is 0.221 e. The summed E-state index contributed by atoms with van der Waals surface area (Å²) < 4.78 is 1.14. The van der Waals surface area contributed by atoms with Gasteiger partial charge in [-0.2, -0.15) is 0 Å². The molecule has 0 aliphatic carbocycles. The Hall–Kier alpha value is -1.14. The number of halogens is 1. The molecule has 1 aromatic heterocycles. The molecule has 1 aromatic carbocycles. The normalized spacial score (nSPS) is 11.9. The van der Waals surface area contributed by atoms with E-state index in [-0.39, 0.29) is 24.9 Å². The van der Waals surface area contributed by atoms with Crippen molar-refractivity contribution >= 4 is 39.7 Å². The van der Waals surface area contributed by atoms with E-state index in [1.807, 2.05) is 30.3 Å². The molecule has 1 unspecified atom stereocenters. The number of aliphatic hydroxyl groups is 1. The van der Waals surface area contributed by atoms with Gasteiger partial charge in [-0.25, -0.2) is 0 Å². The van der Waals surface area contributed by atoms with Crippen LogP contribution in [0.4, 0.5) is 0 Å². The van der Waals surface area contributed by atoms with Gasteiger partial charge in [0, 0.05) is 29.1 Å². The third-order valence-corrected chi connectivity index (χ3v) is 3.85. The second-order valence-electron chi connectivity index (χ2n) is 4.05. The summed E-state index contributed by atoms with van der Waals surface area (Å²) in [6.45, 7) is 0.552. The minimum absolute atomic E-state index is 0. The molecule has 0 aliphatic rings. The molecule has 1 atom stereocenters. The Bertz CT molecular complexity index is 511. The van der Waals surface area contributed by atoms with Crippen molar-refractivity contribution in [2.24, 2.45) is 5.73 Å². The molecule has 0 spiro atoms. The van der Waals surface area contributed by atoms with Gasteiger partial charge in [-0.3, -0.25) is 4.79 Å². The summed E-state index contributed by atoms with van der Waals surface area (Å²) in [6.07, 6.45) is -0.372. The fourth-order valence-corrected chi connectivity index (χ4v) is 2.75. The average molecular weight is 301 g/mol. The van der Waals surface area contributed by atoms with Gasteiger partial charge in [0.15, 0.2) is 0 Å². The van der Waals surface area contributed by atoms with Crippen molar-refractivity contribution in [3.63, 3.8) is 0 Å². The number of aliphatic hydroxyl groups excluding tert-OH is 1. The van der Waals surface area contributed by atoms with E-state index in [1.54, 1.807) is 11.3 Å². The van der Waals surface area contributed by atoms with Gasteiger partial charge < -0.3 is 16.2 Å². The van der Waals surface area contributed by atoms with Gasteiger partial charge in [-0.1, -0.05) is 18.2 Å². The van der Waals surface area contributed by atoms with E-state index in [4.69, 9.17) is 5.73 Å². The number of benzene rings is 1. The van der Waals surface area contributed by atoms with Crippen molar-refractivity contribution in [3.05, 3.63) is 35.2 Å². The Labute approximate surface area is 122 Å². The second kappa shape index (κ2) is 7.45. The second-order valence-corrected chi connectivity index (χ2v) is 5.16. The highest BCUT2D eigenvalue weighted by atomic mass is 35.5. The van der Waals surface area contributed by atoms with Crippen LogP contribution in [-0.4, -0.2) is 24.1 Å². The minimum Gasteiger partial charge on any atom is -0.386 e. The topological polar surface area (TPSA) is 75.4 Å². The lowest BCUT2D eigenvalue weighted by Crippen LogP contribution is -2.29. The molecule has 4 nitrogen and oxygen atoms in total. The summed E-state index contributed by atoms with van der Waals surface area (Å²) in [7, 11) is 0. The third kappa shape index (κ3) is 4.18. The van der Waals surface area contributed by atoms with Crippen LogP contribution in [0, 0.1) is 0 Å². The van der Waals surface area contributed by atoms with Gasteiger partial charge in [-0.15, -0.1) is 23.7 Å². The van der Waals surface area contributed by atoms with Crippen molar-refractivity contribution in [1.29, 1.82) is 0 Å². The number of carbonyl (C=O) groups excluding carboxylic acids is 1. The van der Waals surface area contributed by atoms with E-state index in [2.05, 4.69) is 5.32 Å². The van der Waals surface area contributed by atoms with Gasteiger partial charge in [-0.05, 0) is 17.5 Å². The molecule has 0 radical (unpaired) electrons. The van der Waals surface area contributed by atoms with E-state index < -0.39 is 6.10 Å². The van der Waals surface area contributed by atoms with Crippen LogP contribution >= 0.6 is 23.7 Å². The summed E-state index contributed by atoms with van der Waals surface area (Å²) >= 11 is 1.54. The SMILES string of the molecule is Cl.NCCC(=O)NCC(O)c1cc2ccccc2s1. The monoisotopic (exact) mass is 300 g/mol. The average Bonchev–Trinajstić information content (AvgIpc) is 2.80. The number of amides is 1. The first kappa shape index (κ1) is 15.9. The Balaban J connectivity index is 0.00000180. The molecule has 0 saturated carbocycles. The number of hydrogen-bond donors (Lipinski definition) is 3. The first-order valence-electron chi connectivity index (χ1n) is 5.84. The fourth-order valence-electron chi connectivity index (χ4n) is 1.70. The molecule has 6 heteroatoms. The maximum absolute atomic E-state index is 11.3. The predicted molar refractivity (Wildman–Crippen MR) is 80.7 cm³/mol. The molecule has 104 valence electrons. The third-order valence-electron chi connectivity index (χ3n) is 2.64. The zero-order chi connectivity index (χ0) is 13.0. The lowest BCUT2D eigenvalue weighted by atomic mass is 10.2. The molecular weight excluding hydrogens is 284 g/mol. The summed E-state index contributed by atoms with van der Waals surface area (Å²) in [5.74, 6) is -0.127. The van der Waals surface area contributed by atoms with E-state index in [0.29, 0.717) is 13.0 Å². The summed E-state index contributed by atoms with van der Waals surface area (Å²) in [6, 6.07) is 9.92. The van der Waals surface area contributed by atoms with Crippen LogP contribution in [0.2, 0.25) is 0 Å². The zero-order valence-electron chi connectivity index (χ0n) is 10.3. The molecule has 2 rings (SSSR count). The van der Waals surface area contributed by atoms with Crippen molar-refractivity contribution in [2.75, 3.05) is 13.1 Å². The number of hydrogen-bond acceptors (Lipinski definition) is 4. The largest absolute Gasteiger partial charge is 0.386 e. The summed E-state index contributed by atoms with van der Waals surface area (Å²) in [5.41, 5.74) is 5.28. The number of carbonyl (C=O) groups is 1. The van der Waals surface area contributed by atoms with Crippen LogP contribution in [-0.2, 0) is 4.79 Å². The number of thiophene rings is 1. The number of fused-ring (bicyclic) bond motifs is 1. The predicted octanol–water partition coefficient (Wildman–Crippen LogP) is 1.82. The smallest absolute Gasteiger partial charge is 0.221 e. The number of nitrogens with one attached hydrogen (secondary N) is 1. The van der Waals surface area contributed by atoms with Crippen LogP contribution in [0.15, 0.2) is 30.3 Å². The molecule has 0 aliphatic heterocycles. The highest BCUT2D eigenvalue weighted by Gasteiger charge is 2.12. The van der Waals surface area contributed by atoms with Gasteiger partial charge in [0.25, 0.3) is 0 Å². The lowest BCUT2D eigenvalue weighted by Gasteiger charge is -2.09. The van der Waals surface area contributed by atoms with Crippen molar-refractivity contribution < 1.29 is 9.90 Å². The van der Waals surface area contributed by atoms with Crippen molar-refractivity contribution in [3.8, 4) is 0 Å². The Morgan fingerprint density at radius 3 is 2.84 bits per heavy atom. The highest BCUT2D eigenvalue weighted by molar-refractivity contribution is 7.19. The highest BCUT2D eigenvalue weighted by Crippen LogP contribution is 2.29. The maximum atomic E-state index is 11.3. The molecule has 0 fully saturated rings. The van der Waals surface area contributed by atoms with E-state index in [0.717, 1.165) is 15.0 Å². The van der Waals surface area contributed by atoms with Gasteiger partial charge in [0.2, 0.25) is 5.91 Å². The van der Waals surface area contributed by atoms with Crippen LogP contribution in [0.1, 0.15) is 17.4 Å². The van der Waals surface area contributed by atoms with Gasteiger partial charge in [0.1, 0.15) is 6.10 Å². The fraction of sp³-hybridized carbons (Fsp3) is 0.308. The number of rotatable bonds is 5. The van der Waals surface area contributed by atoms with Crippen molar-refractivity contribution in [1.82, 2.24) is 5.32 Å². The van der Waals surface area contributed by atoms with Crippen molar-refractivity contribution in [2.45, 2.75) is 12.5 Å². The lowest BCUT2D eigenvalue weighted by molar-refractivity contribution is -0.121. The molecule has 4 N–H and O–H groups in total. The quantitative estimate of drug-likeness (QED) is 0.788. The minimum atomic E-state index is -0.663. The van der Waals surface area contributed by atoms with Crippen LogP contribution in [0.25, 0.3) is 10.1 Å². The van der Waals surface area contributed by atoms with Gasteiger partial charge in [0.05, 0.1) is 0 Å². The molecule has 19 heavy (non-hydrogen) atoms. The molecule has 0 bridgehead atoms. The first-order chi connectivity index (χ1) is 8.70. The van der Waals surface area contributed by atoms with Gasteiger partial charge >= 0.3 is 0 Å². The van der Waals surface area contributed by atoms with Crippen LogP contribution in [0.5, 0.6) is 0 Å².